The van der Waals surface area contributed by atoms with Gasteiger partial charge in [0.25, 0.3) is 5.56 Å². The van der Waals surface area contributed by atoms with Gasteiger partial charge in [-0.2, -0.15) is 0 Å². The van der Waals surface area contributed by atoms with Crippen molar-refractivity contribution in [1.82, 2.24) is 9.13 Å². The van der Waals surface area contributed by atoms with Crippen LogP contribution in [-0.2, 0) is 17.9 Å². The van der Waals surface area contributed by atoms with E-state index in [0.29, 0.717) is 27.9 Å². The molecule has 8 heteroatoms. The zero-order chi connectivity index (χ0) is 23.1. The van der Waals surface area contributed by atoms with E-state index in [1.165, 1.54) is 10.8 Å². The lowest BCUT2D eigenvalue weighted by Crippen LogP contribution is -2.41. The zero-order valence-corrected chi connectivity index (χ0v) is 18.1. The summed E-state index contributed by atoms with van der Waals surface area (Å²) in [7, 11) is 0. The summed E-state index contributed by atoms with van der Waals surface area (Å²) in [5.74, 6) is 0.0489. The van der Waals surface area contributed by atoms with Crippen LogP contribution in [0, 0.1) is 13.8 Å². The Kier molecular flexibility index (Phi) is 4.97. The molecule has 0 radical (unpaired) electrons. The summed E-state index contributed by atoms with van der Waals surface area (Å²) in [4.78, 5) is 39.6. The summed E-state index contributed by atoms with van der Waals surface area (Å²) in [6.07, 6.45) is 1.47. The van der Waals surface area contributed by atoms with E-state index in [9.17, 15) is 14.4 Å². The van der Waals surface area contributed by atoms with Gasteiger partial charge in [0.1, 0.15) is 23.4 Å². The number of hydrogen-bond acceptors (Lipinski definition) is 5. The molecule has 0 aliphatic rings. The van der Waals surface area contributed by atoms with Crippen LogP contribution in [-0.4, -0.2) is 15.0 Å². The number of para-hydroxylation sites is 1. The number of aryl methyl sites for hydroxylation is 2. The normalized spacial score (nSPS) is 11.3. The molecule has 0 aliphatic heterocycles. The first-order valence-corrected chi connectivity index (χ1v) is 10.5. The molecule has 1 N–H and O–H groups in total. The quantitative estimate of drug-likeness (QED) is 0.445. The number of carbonyl (C=O) groups excluding carboxylic acids is 1. The summed E-state index contributed by atoms with van der Waals surface area (Å²) in [5, 5.41) is 3.44. The van der Waals surface area contributed by atoms with Crippen molar-refractivity contribution in [3.05, 3.63) is 98.6 Å². The van der Waals surface area contributed by atoms with E-state index in [-0.39, 0.29) is 18.7 Å². The lowest BCUT2D eigenvalue weighted by molar-refractivity contribution is -0.116. The van der Waals surface area contributed by atoms with Crippen molar-refractivity contribution in [2.75, 3.05) is 5.32 Å². The molecular formula is C25H21N3O5. The third-order valence-electron chi connectivity index (χ3n) is 5.44. The summed E-state index contributed by atoms with van der Waals surface area (Å²) in [5.41, 5.74) is 2.24. The molecule has 0 atom stereocenters. The minimum absolute atomic E-state index is 0.0153. The van der Waals surface area contributed by atoms with Crippen LogP contribution in [0.2, 0.25) is 0 Å². The Morgan fingerprint density at radius 2 is 1.73 bits per heavy atom. The third-order valence-corrected chi connectivity index (χ3v) is 5.44. The van der Waals surface area contributed by atoms with Crippen molar-refractivity contribution in [3.8, 4) is 0 Å². The number of furan rings is 2. The van der Waals surface area contributed by atoms with E-state index in [2.05, 4.69) is 5.32 Å². The Bertz CT molecular complexity index is 1600. The van der Waals surface area contributed by atoms with Gasteiger partial charge in [0.05, 0.1) is 12.8 Å². The fourth-order valence-corrected chi connectivity index (χ4v) is 4.13. The van der Waals surface area contributed by atoms with E-state index in [1.807, 2.05) is 32.0 Å². The van der Waals surface area contributed by atoms with E-state index in [0.717, 1.165) is 15.7 Å². The van der Waals surface area contributed by atoms with Crippen LogP contribution in [0.5, 0.6) is 0 Å². The third kappa shape index (κ3) is 3.76. The largest absolute Gasteiger partial charge is 0.467 e. The van der Waals surface area contributed by atoms with Crippen LogP contribution in [0.1, 0.15) is 16.9 Å². The molecule has 166 valence electrons. The molecule has 3 aromatic heterocycles. The highest BCUT2D eigenvalue weighted by atomic mass is 16.3. The highest BCUT2D eigenvalue weighted by molar-refractivity contribution is 6.03. The van der Waals surface area contributed by atoms with Gasteiger partial charge in [-0.15, -0.1) is 0 Å². The van der Waals surface area contributed by atoms with Gasteiger partial charge in [0, 0.05) is 11.1 Å². The number of hydrogen-bond donors (Lipinski definition) is 1. The molecule has 2 aromatic carbocycles. The second kappa shape index (κ2) is 7.98. The second-order valence-corrected chi connectivity index (χ2v) is 8.04. The fraction of sp³-hybridized carbons (Fsp3) is 0.160. The molecule has 0 aliphatic carbocycles. The fourth-order valence-electron chi connectivity index (χ4n) is 4.13. The van der Waals surface area contributed by atoms with Gasteiger partial charge in [-0.3, -0.25) is 14.2 Å². The van der Waals surface area contributed by atoms with E-state index >= 15 is 0 Å². The topological polar surface area (TPSA) is 99.4 Å². The Morgan fingerprint density at radius 1 is 0.970 bits per heavy atom. The molecule has 8 nitrogen and oxygen atoms in total. The standard InChI is InChI=1S/C25H21N3O5/c1-15-10-16(2)12-17(11-15)26-21(29)14-27-22-19-7-3-4-8-20(19)33-23(22)24(30)28(25(27)31)13-18-6-5-9-32-18/h3-12H,13-14H2,1-2H3,(H,26,29). The molecule has 5 aromatic rings. The number of amides is 1. The predicted molar refractivity (Wildman–Crippen MR) is 125 cm³/mol. The number of carbonyl (C=O) groups is 1. The Balaban J connectivity index is 1.65. The van der Waals surface area contributed by atoms with E-state index in [4.69, 9.17) is 8.83 Å². The van der Waals surface area contributed by atoms with Gasteiger partial charge in [-0.05, 0) is 61.4 Å². The van der Waals surface area contributed by atoms with Gasteiger partial charge >= 0.3 is 5.69 Å². The number of benzene rings is 2. The number of anilines is 1. The van der Waals surface area contributed by atoms with Crippen LogP contribution in [0.3, 0.4) is 0 Å². The maximum Gasteiger partial charge on any atom is 0.332 e. The van der Waals surface area contributed by atoms with Gasteiger partial charge in [0.2, 0.25) is 11.5 Å². The Morgan fingerprint density at radius 3 is 2.45 bits per heavy atom. The van der Waals surface area contributed by atoms with Gasteiger partial charge < -0.3 is 14.2 Å². The van der Waals surface area contributed by atoms with Crippen LogP contribution in [0.15, 0.2) is 79.3 Å². The first kappa shape index (κ1) is 20.6. The van der Waals surface area contributed by atoms with Crippen molar-refractivity contribution in [1.29, 1.82) is 0 Å². The summed E-state index contributed by atoms with van der Waals surface area (Å²) < 4.78 is 13.4. The molecule has 33 heavy (non-hydrogen) atoms. The maximum absolute atomic E-state index is 13.4. The lowest BCUT2D eigenvalue weighted by atomic mass is 10.1. The minimum atomic E-state index is -0.619. The number of nitrogens with zero attached hydrogens (tertiary/aromatic N) is 2. The van der Waals surface area contributed by atoms with Gasteiger partial charge in [-0.25, -0.2) is 9.36 Å². The molecule has 0 bridgehead atoms. The first-order chi connectivity index (χ1) is 15.9. The SMILES string of the molecule is Cc1cc(C)cc(NC(=O)Cn2c(=O)n(Cc3ccco3)c(=O)c3oc4ccccc4c32)c1. The second-order valence-electron chi connectivity index (χ2n) is 8.04. The van der Waals surface area contributed by atoms with Crippen molar-refractivity contribution >= 4 is 33.7 Å². The molecule has 0 spiro atoms. The molecule has 0 saturated heterocycles. The lowest BCUT2D eigenvalue weighted by Gasteiger charge is -2.12. The van der Waals surface area contributed by atoms with Crippen LogP contribution >= 0.6 is 0 Å². The maximum atomic E-state index is 13.4. The molecule has 0 saturated carbocycles. The summed E-state index contributed by atoms with van der Waals surface area (Å²) >= 11 is 0. The van der Waals surface area contributed by atoms with E-state index in [1.54, 1.807) is 36.4 Å². The summed E-state index contributed by atoms with van der Waals surface area (Å²) in [6.45, 7) is 3.53. The Hall–Kier alpha value is -4.33. The summed E-state index contributed by atoms with van der Waals surface area (Å²) in [6, 6.07) is 16.1. The molecule has 1 amide bonds. The number of fused-ring (bicyclic) bond motifs is 3. The monoisotopic (exact) mass is 443 g/mol. The first-order valence-electron chi connectivity index (χ1n) is 10.5. The predicted octanol–water partition coefficient (Wildman–Crippen LogP) is 3.81. The number of aromatic nitrogens is 2. The highest BCUT2D eigenvalue weighted by Gasteiger charge is 2.22. The Labute approximate surface area is 187 Å². The zero-order valence-electron chi connectivity index (χ0n) is 18.1. The number of nitrogens with one attached hydrogen (secondary N) is 1. The molecule has 0 unspecified atom stereocenters. The molecule has 0 fully saturated rings. The van der Waals surface area contributed by atoms with Crippen molar-refractivity contribution in [2.24, 2.45) is 0 Å². The minimum Gasteiger partial charge on any atom is -0.467 e. The van der Waals surface area contributed by atoms with Gasteiger partial charge in [-0.1, -0.05) is 18.2 Å². The van der Waals surface area contributed by atoms with Gasteiger partial charge in [0.15, 0.2) is 0 Å². The molecular weight excluding hydrogens is 422 g/mol. The smallest absolute Gasteiger partial charge is 0.332 e. The highest BCUT2D eigenvalue weighted by Crippen LogP contribution is 2.25. The molecule has 5 rings (SSSR count). The number of rotatable bonds is 5. The molecule has 3 heterocycles. The van der Waals surface area contributed by atoms with Crippen molar-refractivity contribution in [3.63, 3.8) is 0 Å². The van der Waals surface area contributed by atoms with Crippen molar-refractivity contribution in [2.45, 2.75) is 26.9 Å². The van der Waals surface area contributed by atoms with Crippen molar-refractivity contribution < 1.29 is 13.6 Å². The average Bonchev–Trinajstić information content (AvgIpc) is 3.41. The van der Waals surface area contributed by atoms with Crippen LogP contribution in [0.25, 0.3) is 22.1 Å². The van der Waals surface area contributed by atoms with Crippen LogP contribution < -0.4 is 16.6 Å². The van der Waals surface area contributed by atoms with Crippen LogP contribution in [0.4, 0.5) is 5.69 Å². The average molecular weight is 443 g/mol. The van der Waals surface area contributed by atoms with E-state index < -0.39 is 17.2 Å².